The molecule has 1 aromatic heterocycles. The number of aromatic nitrogens is 1. The van der Waals surface area contributed by atoms with Crippen molar-refractivity contribution in [1.29, 1.82) is 0 Å². The lowest BCUT2D eigenvalue weighted by atomic mass is 10.0. The summed E-state index contributed by atoms with van der Waals surface area (Å²) in [5.74, 6) is 0. The fraction of sp³-hybridized carbons (Fsp3) is 0.818. The molecule has 0 bridgehead atoms. The van der Waals surface area contributed by atoms with Crippen molar-refractivity contribution < 1.29 is 0 Å². The summed E-state index contributed by atoms with van der Waals surface area (Å²) in [5, 5.41) is 0. The van der Waals surface area contributed by atoms with Crippen molar-refractivity contribution in [2.45, 2.75) is 117 Å². The van der Waals surface area contributed by atoms with Gasteiger partial charge in [-0.1, -0.05) is 97.3 Å². The average Bonchev–Trinajstić information content (AvgIpc) is 3.02. The molecule has 1 heterocycles. The van der Waals surface area contributed by atoms with Crippen LogP contribution in [0.25, 0.3) is 0 Å². The minimum absolute atomic E-state index is 1.16. The van der Waals surface area contributed by atoms with Gasteiger partial charge >= 0.3 is 0 Å². The van der Waals surface area contributed by atoms with Crippen LogP contribution in [0, 0.1) is 0 Å². The Bertz CT molecular complexity index is 353. The molecule has 0 unspecified atom stereocenters. The van der Waals surface area contributed by atoms with Crippen molar-refractivity contribution >= 4 is 0 Å². The molecule has 23 heavy (non-hydrogen) atoms. The van der Waals surface area contributed by atoms with E-state index in [9.17, 15) is 0 Å². The fourth-order valence-corrected chi connectivity index (χ4v) is 3.50. The van der Waals surface area contributed by atoms with E-state index in [1.807, 2.05) is 0 Å². The van der Waals surface area contributed by atoms with Gasteiger partial charge in [0.15, 0.2) is 0 Å². The SMILES string of the molecule is CCCCCCCCCCCCCCCCc1c[nH]cc1CC. The van der Waals surface area contributed by atoms with Crippen LogP contribution in [0.5, 0.6) is 0 Å². The zero-order valence-electron chi connectivity index (χ0n) is 16.0. The Hall–Kier alpha value is -0.720. The molecule has 0 fully saturated rings. The first-order chi connectivity index (χ1) is 11.4. The van der Waals surface area contributed by atoms with E-state index in [0.29, 0.717) is 0 Å². The summed E-state index contributed by atoms with van der Waals surface area (Å²) >= 11 is 0. The Balaban J connectivity index is 1.78. The van der Waals surface area contributed by atoms with Gasteiger partial charge in [-0.2, -0.15) is 0 Å². The minimum atomic E-state index is 1.16. The van der Waals surface area contributed by atoms with Gasteiger partial charge in [0.25, 0.3) is 0 Å². The molecule has 0 radical (unpaired) electrons. The zero-order valence-corrected chi connectivity index (χ0v) is 16.0. The number of hydrogen-bond acceptors (Lipinski definition) is 0. The predicted octanol–water partition coefficient (Wildman–Crippen LogP) is 7.60. The third-order valence-corrected chi connectivity index (χ3v) is 5.11. The molecule has 0 aliphatic heterocycles. The van der Waals surface area contributed by atoms with Gasteiger partial charge < -0.3 is 4.98 Å². The van der Waals surface area contributed by atoms with Crippen molar-refractivity contribution in [2.75, 3.05) is 0 Å². The molecule has 1 aromatic rings. The lowest BCUT2D eigenvalue weighted by Crippen LogP contribution is -1.89. The monoisotopic (exact) mass is 319 g/mol. The number of hydrogen-bond donors (Lipinski definition) is 1. The first kappa shape index (κ1) is 20.3. The number of unbranched alkanes of at least 4 members (excludes halogenated alkanes) is 13. The van der Waals surface area contributed by atoms with Crippen LogP contribution in [-0.4, -0.2) is 4.98 Å². The van der Waals surface area contributed by atoms with Gasteiger partial charge in [0.05, 0.1) is 0 Å². The standard InChI is InChI=1S/C22H41N/c1-3-5-6-7-8-9-10-11-12-13-14-15-16-17-18-22-20-23-19-21(22)4-2/h19-20,23H,3-18H2,1-2H3. The highest BCUT2D eigenvalue weighted by Gasteiger charge is 2.01. The van der Waals surface area contributed by atoms with E-state index in [-0.39, 0.29) is 0 Å². The Kier molecular flexibility index (Phi) is 13.1. The average molecular weight is 320 g/mol. The van der Waals surface area contributed by atoms with Crippen LogP contribution in [0.4, 0.5) is 0 Å². The molecule has 0 amide bonds. The number of rotatable bonds is 16. The van der Waals surface area contributed by atoms with Crippen LogP contribution in [0.15, 0.2) is 12.4 Å². The van der Waals surface area contributed by atoms with Crippen LogP contribution >= 0.6 is 0 Å². The maximum absolute atomic E-state index is 3.25. The molecular weight excluding hydrogens is 278 g/mol. The summed E-state index contributed by atoms with van der Waals surface area (Å²) in [4.78, 5) is 3.25. The Morgan fingerprint density at radius 3 is 1.48 bits per heavy atom. The van der Waals surface area contributed by atoms with E-state index < -0.39 is 0 Å². The van der Waals surface area contributed by atoms with E-state index >= 15 is 0 Å². The molecule has 0 spiro atoms. The molecule has 0 atom stereocenters. The van der Waals surface area contributed by atoms with Gasteiger partial charge in [-0.05, 0) is 30.4 Å². The zero-order chi connectivity index (χ0) is 16.6. The second kappa shape index (κ2) is 14.8. The Labute approximate surface area is 145 Å². The fourth-order valence-electron chi connectivity index (χ4n) is 3.50. The highest BCUT2D eigenvalue weighted by atomic mass is 14.6. The summed E-state index contributed by atoms with van der Waals surface area (Å²) in [5.41, 5.74) is 3.06. The number of aryl methyl sites for hydroxylation is 2. The maximum atomic E-state index is 3.25. The largest absolute Gasteiger partial charge is 0.367 e. The molecule has 1 heteroatoms. The van der Waals surface area contributed by atoms with Crippen molar-refractivity contribution in [3.63, 3.8) is 0 Å². The van der Waals surface area contributed by atoms with E-state index in [2.05, 4.69) is 31.2 Å². The smallest absolute Gasteiger partial charge is 0.00401 e. The quantitative estimate of drug-likeness (QED) is 0.302. The van der Waals surface area contributed by atoms with Crippen molar-refractivity contribution in [1.82, 2.24) is 4.98 Å². The molecule has 0 aromatic carbocycles. The van der Waals surface area contributed by atoms with Gasteiger partial charge in [-0.3, -0.25) is 0 Å². The first-order valence-electron chi connectivity index (χ1n) is 10.5. The van der Waals surface area contributed by atoms with Crippen LogP contribution in [0.1, 0.15) is 115 Å². The Morgan fingerprint density at radius 2 is 1.00 bits per heavy atom. The minimum Gasteiger partial charge on any atom is -0.367 e. The second-order valence-electron chi connectivity index (χ2n) is 7.21. The molecular formula is C22H41N. The molecule has 0 aliphatic carbocycles. The molecule has 0 aliphatic rings. The van der Waals surface area contributed by atoms with E-state index in [0.717, 1.165) is 6.42 Å². The van der Waals surface area contributed by atoms with Crippen molar-refractivity contribution in [3.8, 4) is 0 Å². The summed E-state index contributed by atoms with van der Waals surface area (Å²) in [6.07, 6.45) is 27.0. The molecule has 134 valence electrons. The molecule has 1 nitrogen and oxygen atoms in total. The van der Waals surface area contributed by atoms with Crippen molar-refractivity contribution in [2.24, 2.45) is 0 Å². The number of nitrogens with one attached hydrogen (secondary N) is 1. The maximum Gasteiger partial charge on any atom is 0.00401 e. The normalized spacial score (nSPS) is 11.2. The first-order valence-corrected chi connectivity index (χ1v) is 10.5. The molecule has 0 saturated carbocycles. The number of H-pyrrole nitrogens is 1. The van der Waals surface area contributed by atoms with E-state index in [4.69, 9.17) is 0 Å². The summed E-state index contributed by atoms with van der Waals surface area (Å²) in [6, 6.07) is 0. The predicted molar refractivity (Wildman–Crippen MR) is 104 cm³/mol. The number of aromatic amines is 1. The van der Waals surface area contributed by atoms with E-state index in [1.54, 1.807) is 5.56 Å². The van der Waals surface area contributed by atoms with Gasteiger partial charge in [0.2, 0.25) is 0 Å². The molecule has 1 N–H and O–H groups in total. The topological polar surface area (TPSA) is 15.8 Å². The van der Waals surface area contributed by atoms with Gasteiger partial charge in [0, 0.05) is 12.4 Å². The highest BCUT2D eigenvalue weighted by molar-refractivity contribution is 5.23. The summed E-state index contributed by atoms with van der Waals surface area (Å²) in [7, 11) is 0. The summed E-state index contributed by atoms with van der Waals surface area (Å²) in [6.45, 7) is 4.54. The summed E-state index contributed by atoms with van der Waals surface area (Å²) < 4.78 is 0. The van der Waals surface area contributed by atoms with Gasteiger partial charge in [-0.15, -0.1) is 0 Å². The third-order valence-electron chi connectivity index (χ3n) is 5.11. The van der Waals surface area contributed by atoms with Crippen LogP contribution in [0.2, 0.25) is 0 Å². The molecule has 0 saturated heterocycles. The highest BCUT2D eigenvalue weighted by Crippen LogP contribution is 2.15. The van der Waals surface area contributed by atoms with Crippen LogP contribution in [-0.2, 0) is 12.8 Å². The third kappa shape index (κ3) is 10.6. The van der Waals surface area contributed by atoms with Crippen molar-refractivity contribution in [3.05, 3.63) is 23.5 Å². The lowest BCUT2D eigenvalue weighted by molar-refractivity contribution is 0.535. The van der Waals surface area contributed by atoms with Gasteiger partial charge in [0.1, 0.15) is 0 Å². The van der Waals surface area contributed by atoms with Gasteiger partial charge in [-0.25, -0.2) is 0 Å². The van der Waals surface area contributed by atoms with Crippen LogP contribution in [0.3, 0.4) is 0 Å². The van der Waals surface area contributed by atoms with Crippen LogP contribution < -0.4 is 0 Å². The van der Waals surface area contributed by atoms with E-state index in [1.165, 1.54) is 102 Å². The second-order valence-corrected chi connectivity index (χ2v) is 7.21. The lowest BCUT2D eigenvalue weighted by Gasteiger charge is -2.04. The Morgan fingerprint density at radius 1 is 0.565 bits per heavy atom. The molecule has 1 rings (SSSR count).